The maximum Gasteiger partial charge on any atom is 0.263 e. The molecule has 0 radical (unpaired) electrons. The SMILES string of the molecule is CC(=O)c1csc(C(=O)N2C[C@H]3CNC[C@H]3C2)c1. The van der Waals surface area contributed by atoms with Crippen LogP contribution in [0.15, 0.2) is 11.4 Å². The van der Waals surface area contributed by atoms with Crippen LogP contribution in [0, 0.1) is 11.8 Å². The molecule has 1 aromatic rings. The van der Waals surface area contributed by atoms with E-state index in [0.717, 1.165) is 26.2 Å². The van der Waals surface area contributed by atoms with Gasteiger partial charge in [0, 0.05) is 37.1 Å². The average molecular weight is 264 g/mol. The van der Waals surface area contributed by atoms with Crippen LogP contribution in [0.1, 0.15) is 27.0 Å². The highest BCUT2D eigenvalue weighted by molar-refractivity contribution is 7.12. The van der Waals surface area contributed by atoms with Gasteiger partial charge in [-0.25, -0.2) is 0 Å². The summed E-state index contributed by atoms with van der Waals surface area (Å²) in [4.78, 5) is 26.2. The van der Waals surface area contributed by atoms with Crippen LogP contribution < -0.4 is 5.32 Å². The van der Waals surface area contributed by atoms with Gasteiger partial charge in [0.05, 0.1) is 4.88 Å². The van der Waals surface area contributed by atoms with Crippen molar-refractivity contribution < 1.29 is 9.59 Å². The molecule has 3 heterocycles. The van der Waals surface area contributed by atoms with Crippen LogP contribution in [0.2, 0.25) is 0 Å². The number of rotatable bonds is 2. The Morgan fingerprint density at radius 2 is 2.00 bits per heavy atom. The number of carbonyl (C=O) groups is 2. The standard InChI is InChI=1S/C13H16N2O2S/c1-8(16)9-2-12(18-7-9)13(17)15-5-10-3-14-4-11(10)6-15/h2,7,10-11,14H,3-6H2,1H3/t10-,11+. The van der Waals surface area contributed by atoms with Crippen LogP contribution >= 0.6 is 11.3 Å². The van der Waals surface area contributed by atoms with E-state index >= 15 is 0 Å². The Kier molecular flexibility index (Phi) is 2.95. The molecule has 1 N–H and O–H groups in total. The predicted octanol–water partition coefficient (Wildman–Crippen LogP) is 1.24. The van der Waals surface area contributed by atoms with Gasteiger partial charge in [-0.2, -0.15) is 0 Å². The van der Waals surface area contributed by atoms with Crippen molar-refractivity contribution in [2.45, 2.75) is 6.92 Å². The number of likely N-dealkylation sites (tertiary alicyclic amines) is 1. The lowest BCUT2D eigenvalue weighted by Crippen LogP contribution is -2.31. The molecule has 2 atom stereocenters. The summed E-state index contributed by atoms with van der Waals surface area (Å²) in [6.45, 7) is 5.28. The molecule has 2 fully saturated rings. The number of hydrogen-bond acceptors (Lipinski definition) is 4. The second-order valence-corrected chi connectivity index (χ2v) is 6.06. The number of amides is 1. The summed E-state index contributed by atoms with van der Waals surface area (Å²) < 4.78 is 0. The molecule has 1 amide bonds. The van der Waals surface area contributed by atoms with Crippen LogP contribution in [-0.2, 0) is 0 Å². The molecule has 2 aliphatic rings. The van der Waals surface area contributed by atoms with Crippen molar-refractivity contribution in [1.29, 1.82) is 0 Å². The van der Waals surface area contributed by atoms with E-state index in [9.17, 15) is 9.59 Å². The minimum atomic E-state index is 0.0211. The summed E-state index contributed by atoms with van der Waals surface area (Å²) in [7, 11) is 0. The van der Waals surface area contributed by atoms with Crippen LogP contribution in [0.25, 0.3) is 0 Å². The molecular formula is C13H16N2O2S. The average Bonchev–Trinajstić information content (AvgIpc) is 3.02. The van der Waals surface area contributed by atoms with E-state index in [1.807, 2.05) is 4.90 Å². The minimum absolute atomic E-state index is 0.0211. The van der Waals surface area contributed by atoms with Gasteiger partial charge in [0.1, 0.15) is 0 Å². The first kappa shape index (κ1) is 11.9. The maximum atomic E-state index is 12.3. The number of nitrogens with zero attached hydrogens (tertiary/aromatic N) is 1. The largest absolute Gasteiger partial charge is 0.337 e. The van der Waals surface area contributed by atoms with Crippen molar-refractivity contribution in [2.24, 2.45) is 11.8 Å². The highest BCUT2D eigenvalue weighted by Crippen LogP contribution is 2.28. The Hall–Kier alpha value is -1.20. The summed E-state index contributed by atoms with van der Waals surface area (Å²) in [5, 5.41) is 5.13. The van der Waals surface area contributed by atoms with E-state index in [2.05, 4.69) is 5.32 Å². The van der Waals surface area contributed by atoms with E-state index in [0.29, 0.717) is 22.3 Å². The number of hydrogen-bond donors (Lipinski definition) is 1. The van der Waals surface area contributed by atoms with Gasteiger partial charge in [0.25, 0.3) is 5.91 Å². The Balaban J connectivity index is 1.72. The van der Waals surface area contributed by atoms with E-state index in [1.165, 1.54) is 18.3 Å². The molecule has 0 spiro atoms. The molecule has 18 heavy (non-hydrogen) atoms. The Morgan fingerprint density at radius 1 is 1.33 bits per heavy atom. The number of ketones is 1. The molecule has 0 unspecified atom stereocenters. The molecule has 0 aliphatic carbocycles. The Labute approximate surface area is 110 Å². The number of Topliss-reactive ketones (excluding diaryl/α,β-unsaturated/α-hetero) is 1. The lowest BCUT2D eigenvalue weighted by atomic mass is 10.0. The minimum Gasteiger partial charge on any atom is -0.337 e. The second kappa shape index (κ2) is 4.48. The van der Waals surface area contributed by atoms with Crippen LogP contribution in [0.5, 0.6) is 0 Å². The van der Waals surface area contributed by atoms with Gasteiger partial charge in [-0.1, -0.05) is 0 Å². The molecular weight excluding hydrogens is 248 g/mol. The smallest absolute Gasteiger partial charge is 0.263 e. The molecule has 0 aromatic carbocycles. The first-order valence-corrected chi connectivity index (χ1v) is 7.12. The molecule has 0 saturated carbocycles. The third-order valence-electron chi connectivity index (χ3n) is 3.89. The van der Waals surface area contributed by atoms with Gasteiger partial charge in [0.15, 0.2) is 5.78 Å². The fraction of sp³-hybridized carbons (Fsp3) is 0.538. The summed E-state index contributed by atoms with van der Waals surface area (Å²) in [6.07, 6.45) is 0. The summed E-state index contributed by atoms with van der Waals surface area (Å²) in [6, 6.07) is 1.72. The van der Waals surface area contributed by atoms with Crippen molar-refractivity contribution in [3.05, 3.63) is 21.9 Å². The van der Waals surface area contributed by atoms with Gasteiger partial charge in [-0.05, 0) is 24.8 Å². The summed E-state index contributed by atoms with van der Waals surface area (Å²) in [5.74, 6) is 1.33. The summed E-state index contributed by atoms with van der Waals surface area (Å²) in [5.41, 5.74) is 0.643. The fourth-order valence-electron chi connectivity index (χ4n) is 2.81. The Morgan fingerprint density at radius 3 is 2.56 bits per heavy atom. The topological polar surface area (TPSA) is 49.4 Å². The third kappa shape index (κ3) is 1.97. The molecule has 1 aromatic heterocycles. The highest BCUT2D eigenvalue weighted by atomic mass is 32.1. The number of carbonyl (C=O) groups excluding carboxylic acids is 2. The van der Waals surface area contributed by atoms with Crippen LogP contribution in [-0.4, -0.2) is 42.8 Å². The molecule has 2 saturated heterocycles. The van der Waals surface area contributed by atoms with Crippen LogP contribution in [0.4, 0.5) is 0 Å². The van der Waals surface area contributed by atoms with E-state index in [1.54, 1.807) is 11.4 Å². The van der Waals surface area contributed by atoms with Crippen molar-refractivity contribution in [3.8, 4) is 0 Å². The molecule has 5 heteroatoms. The highest BCUT2D eigenvalue weighted by Gasteiger charge is 2.38. The van der Waals surface area contributed by atoms with Crippen LogP contribution in [0.3, 0.4) is 0 Å². The van der Waals surface area contributed by atoms with E-state index < -0.39 is 0 Å². The van der Waals surface area contributed by atoms with Crippen molar-refractivity contribution in [1.82, 2.24) is 10.2 Å². The molecule has 4 nitrogen and oxygen atoms in total. The lowest BCUT2D eigenvalue weighted by Gasteiger charge is -2.16. The third-order valence-corrected chi connectivity index (χ3v) is 4.81. The van der Waals surface area contributed by atoms with Crippen molar-refractivity contribution >= 4 is 23.0 Å². The zero-order valence-corrected chi connectivity index (χ0v) is 11.1. The zero-order valence-electron chi connectivity index (χ0n) is 10.3. The van der Waals surface area contributed by atoms with Gasteiger partial charge in [0.2, 0.25) is 0 Å². The van der Waals surface area contributed by atoms with Gasteiger partial charge in [-0.15, -0.1) is 11.3 Å². The van der Waals surface area contributed by atoms with Crippen molar-refractivity contribution in [2.75, 3.05) is 26.2 Å². The van der Waals surface area contributed by atoms with Gasteiger partial charge in [-0.3, -0.25) is 9.59 Å². The van der Waals surface area contributed by atoms with E-state index in [4.69, 9.17) is 0 Å². The summed E-state index contributed by atoms with van der Waals surface area (Å²) >= 11 is 1.37. The first-order valence-electron chi connectivity index (χ1n) is 6.24. The Bertz CT molecular complexity index is 485. The zero-order chi connectivity index (χ0) is 12.7. The predicted molar refractivity (Wildman–Crippen MR) is 70.1 cm³/mol. The van der Waals surface area contributed by atoms with Crippen molar-refractivity contribution in [3.63, 3.8) is 0 Å². The maximum absolute atomic E-state index is 12.3. The first-order chi connectivity index (χ1) is 8.65. The second-order valence-electron chi connectivity index (χ2n) is 5.14. The van der Waals surface area contributed by atoms with E-state index in [-0.39, 0.29) is 11.7 Å². The monoisotopic (exact) mass is 264 g/mol. The molecule has 96 valence electrons. The number of thiophene rings is 1. The number of fused-ring (bicyclic) bond motifs is 1. The molecule has 3 rings (SSSR count). The lowest BCUT2D eigenvalue weighted by molar-refractivity contribution is 0.0786. The molecule has 0 bridgehead atoms. The molecule has 2 aliphatic heterocycles. The fourth-order valence-corrected chi connectivity index (χ4v) is 3.72. The number of nitrogens with one attached hydrogen (secondary N) is 1. The van der Waals surface area contributed by atoms with Gasteiger partial charge >= 0.3 is 0 Å². The van der Waals surface area contributed by atoms with Gasteiger partial charge < -0.3 is 10.2 Å². The normalized spacial score (nSPS) is 26.4. The quantitative estimate of drug-likeness (QED) is 0.818.